The maximum Gasteiger partial charge on any atom is 0.154 e. The van der Waals surface area contributed by atoms with Crippen molar-refractivity contribution in [2.45, 2.75) is 29.5 Å². The Morgan fingerprint density at radius 3 is 2.76 bits per heavy atom. The molecule has 1 aromatic carbocycles. The number of thiazole rings is 1. The van der Waals surface area contributed by atoms with Crippen molar-refractivity contribution in [3.63, 3.8) is 0 Å². The van der Waals surface area contributed by atoms with Gasteiger partial charge >= 0.3 is 0 Å². The Balaban J connectivity index is 2.16. The molecule has 2 N–H and O–H groups in total. The fourth-order valence-electron chi connectivity index (χ4n) is 1.62. The molecule has 0 bridgehead atoms. The molecule has 0 radical (unpaired) electrons. The molecule has 1 aromatic heterocycles. The second-order valence-corrected chi connectivity index (χ2v) is 6.14. The minimum atomic E-state index is 0.706. The lowest BCUT2D eigenvalue weighted by Gasteiger charge is -2.06. The second-order valence-electron chi connectivity index (χ2n) is 4.00. The molecule has 1 heterocycles. The van der Waals surface area contributed by atoms with E-state index < -0.39 is 0 Å². The highest BCUT2D eigenvalue weighted by molar-refractivity contribution is 8.01. The van der Waals surface area contributed by atoms with Gasteiger partial charge in [0.25, 0.3) is 0 Å². The summed E-state index contributed by atoms with van der Waals surface area (Å²) in [7, 11) is 0. The molecule has 0 amide bonds. The molecule has 0 saturated heterocycles. The number of nitrogens with two attached hydrogens (primary N) is 1. The van der Waals surface area contributed by atoms with Crippen LogP contribution in [0, 0.1) is 13.8 Å². The fourth-order valence-corrected chi connectivity index (χ4v) is 3.48. The number of aromatic nitrogens is 1. The molecule has 17 heavy (non-hydrogen) atoms. The van der Waals surface area contributed by atoms with Crippen molar-refractivity contribution in [3.8, 4) is 0 Å². The molecule has 2 aromatic rings. The molecular weight excluding hydrogens is 248 g/mol. The smallest absolute Gasteiger partial charge is 0.154 e. The van der Waals surface area contributed by atoms with Gasteiger partial charge in [-0.25, -0.2) is 4.98 Å². The predicted octanol–water partition coefficient (Wildman–Crippen LogP) is 3.41. The van der Waals surface area contributed by atoms with Crippen LogP contribution in [0.1, 0.15) is 16.8 Å². The van der Waals surface area contributed by atoms with Crippen molar-refractivity contribution >= 4 is 23.1 Å². The standard InChI is InChI=1S/C13H16N2S2/c1-9-7-11(5-6-14)3-4-12(9)17-13-15-10(2)8-16-13/h3-4,7-8H,5-6,14H2,1-2H3. The van der Waals surface area contributed by atoms with Crippen molar-refractivity contribution in [2.24, 2.45) is 5.73 Å². The molecule has 0 fully saturated rings. The molecule has 4 heteroatoms. The first-order valence-electron chi connectivity index (χ1n) is 5.58. The zero-order chi connectivity index (χ0) is 12.3. The molecular formula is C13H16N2S2. The Hall–Kier alpha value is -0.840. The lowest BCUT2D eigenvalue weighted by atomic mass is 10.1. The first kappa shape index (κ1) is 12.6. The molecule has 0 saturated carbocycles. The Morgan fingerprint density at radius 1 is 1.35 bits per heavy atom. The van der Waals surface area contributed by atoms with Crippen molar-refractivity contribution in [1.29, 1.82) is 0 Å². The summed E-state index contributed by atoms with van der Waals surface area (Å²) < 4.78 is 1.11. The summed E-state index contributed by atoms with van der Waals surface area (Å²) in [4.78, 5) is 5.75. The predicted molar refractivity (Wildman–Crippen MR) is 74.9 cm³/mol. The maximum absolute atomic E-state index is 5.56. The van der Waals surface area contributed by atoms with Crippen molar-refractivity contribution in [3.05, 3.63) is 40.4 Å². The maximum atomic E-state index is 5.56. The summed E-state index contributed by atoms with van der Waals surface area (Å²) in [6.07, 6.45) is 0.947. The first-order valence-corrected chi connectivity index (χ1v) is 7.28. The summed E-state index contributed by atoms with van der Waals surface area (Å²) in [6, 6.07) is 6.54. The quantitative estimate of drug-likeness (QED) is 0.919. The third-order valence-electron chi connectivity index (χ3n) is 2.47. The van der Waals surface area contributed by atoms with Gasteiger partial charge in [-0.3, -0.25) is 0 Å². The Kier molecular flexibility index (Phi) is 4.20. The highest BCUT2D eigenvalue weighted by Gasteiger charge is 2.05. The van der Waals surface area contributed by atoms with Gasteiger partial charge in [-0.15, -0.1) is 11.3 Å². The molecule has 2 nitrogen and oxygen atoms in total. The molecule has 0 aliphatic carbocycles. The van der Waals surface area contributed by atoms with E-state index >= 15 is 0 Å². The van der Waals surface area contributed by atoms with E-state index in [4.69, 9.17) is 5.73 Å². The largest absolute Gasteiger partial charge is 0.330 e. The van der Waals surface area contributed by atoms with Gasteiger partial charge in [-0.2, -0.15) is 0 Å². The number of rotatable bonds is 4. The number of benzene rings is 1. The van der Waals surface area contributed by atoms with Gasteiger partial charge < -0.3 is 5.73 Å². The van der Waals surface area contributed by atoms with Gasteiger partial charge in [0.15, 0.2) is 4.34 Å². The summed E-state index contributed by atoms with van der Waals surface area (Å²) in [5.41, 5.74) is 9.26. The van der Waals surface area contributed by atoms with Crippen LogP contribution in [-0.2, 0) is 6.42 Å². The van der Waals surface area contributed by atoms with Crippen LogP contribution in [0.2, 0.25) is 0 Å². The molecule has 0 aliphatic heterocycles. The molecule has 0 aliphatic rings. The molecule has 2 rings (SSSR count). The van der Waals surface area contributed by atoms with E-state index in [2.05, 4.69) is 35.5 Å². The first-order chi connectivity index (χ1) is 8.19. The Labute approximate surface area is 110 Å². The van der Waals surface area contributed by atoms with E-state index in [1.807, 2.05) is 6.92 Å². The SMILES string of the molecule is Cc1csc(Sc2ccc(CCN)cc2C)n1. The highest BCUT2D eigenvalue weighted by Crippen LogP contribution is 2.32. The minimum absolute atomic E-state index is 0.706. The van der Waals surface area contributed by atoms with Crippen LogP contribution < -0.4 is 5.73 Å². The van der Waals surface area contributed by atoms with Crippen LogP contribution in [0.5, 0.6) is 0 Å². The van der Waals surface area contributed by atoms with Crippen LogP contribution in [0.15, 0.2) is 32.8 Å². The monoisotopic (exact) mass is 264 g/mol. The van der Waals surface area contributed by atoms with Gasteiger partial charge in [-0.1, -0.05) is 23.9 Å². The van der Waals surface area contributed by atoms with E-state index in [9.17, 15) is 0 Å². The van der Waals surface area contributed by atoms with Crippen molar-refractivity contribution < 1.29 is 0 Å². The zero-order valence-corrected chi connectivity index (χ0v) is 11.7. The van der Waals surface area contributed by atoms with E-state index in [1.165, 1.54) is 16.0 Å². The number of nitrogens with zero attached hydrogens (tertiary/aromatic N) is 1. The number of hydrogen-bond acceptors (Lipinski definition) is 4. The summed E-state index contributed by atoms with van der Waals surface area (Å²) in [5, 5.41) is 2.08. The highest BCUT2D eigenvalue weighted by atomic mass is 32.2. The van der Waals surface area contributed by atoms with Crippen LogP contribution in [-0.4, -0.2) is 11.5 Å². The molecule has 0 atom stereocenters. The van der Waals surface area contributed by atoms with E-state index in [0.717, 1.165) is 16.5 Å². The lowest BCUT2D eigenvalue weighted by Crippen LogP contribution is -2.02. The topological polar surface area (TPSA) is 38.9 Å². The van der Waals surface area contributed by atoms with Gasteiger partial charge in [0.1, 0.15) is 0 Å². The number of aryl methyl sites for hydroxylation is 2. The Bertz CT molecular complexity index is 506. The normalized spacial score (nSPS) is 10.8. The van der Waals surface area contributed by atoms with Gasteiger partial charge in [-0.05, 0) is 44.0 Å². The van der Waals surface area contributed by atoms with Crippen molar-refractivity contribution in [2.75, 3.05) is 6.54 Å². The minimum Gasteiger partial charge on any atom is -0.330 e. The molecule has 0 unspecified atom stereocenters. The van der Waals surface area contributed by atoms with Crippen LogP contribution >= 0.6 is 23.1 Å². The number of hydrogen-bond donors (Lipinski definition) is 1. The Morgan fingerprint density at radius 2 is 2.18 bits per heavy atom. The third-order valence-corrected chi connectivity index (χ3v) is 4.70. The van der Waals surface area contributed by atoms with Gasteiger partial charge in [0.2, 0.25) is 0 Å². The molecule has 90 valence electrons. The van der Waals surface area contributed by atoms with Crippen molar-refractivity contribution in [1.82, 2.24) is 4.98 Å². The van der Waals surface area contributed by atoms with E-state index in [-0.39, 0.29) is 0 Å². The zero-order valence-electron chi connectivity index (χ0n) is 10.1. The summed E-state index contributed by atoms with van der Waals surface area (Å²) in [5.74, 6) is 0. The summed E-state index contributed by atoms with van der Waals surface area (Å²) in [6.45, 7) is 4.87. The van der Waals surface area contributed by atoms with Crippen LogP contribution in [0.4, 0.5) is 0 Å². The van der Waals surface area contributed by atoms with Crippen LogP contribution in [0.3, 0.4) is 0 Å². The lowest BCUT2D eigenvalue weighted by molar-refractivity contribution is 0.963. The van der Waals surface area contributed by atoms with Gasteiger partial charge in [0.05, 0.1) is 0 Å². The van der Waals surface area contributed by atoms with Crippen LogP contribution in [0.25, 0.3) is 0 Å². The van der Waals surface area contributed by atoms with Gasteiger partial charge in [0, 0.05) is 16.0 Å². The second kappa shape index (κ2) is 5.67. The fraction of sp³-hybridized carbons (Fsp3) is 0.308. The molecule has 0 spiro atoms. The van der Waals surface area contributed by atoms with E-state index in [1.54, 1.807) is 23.1 Å². The summed E-state index contributed by atoms with van der Waals surface area (Å²) >= 11 is 3.44. The van der Waals surface area contributed by atoms with E-state index in [0.29, 0.717) is 6.54 Å². The average Bonchev–Trinajstić information content (AvgIpc) is 2.69. The third kappa shape index (κ3) is 3.31. The average molecular weight is 264 g/mol.